The molecule has 2 amide bonds. The minimum absolute atomic E-state index is 0.0484. The summed E-state index contributed by atoms with van der Waals surface area (Å²) in [6.45, 7) is 7.60. The third kappa shape index (κ3) is 2.99. The van der Waals surface area contributed by atoms with Gasteiger partial charge in [-0.05, 0) is 53.9 Å². The Morgan fingerprint density at radius 1 is 1.33 bits per heavy atom. The molecule has 0 saturated heterocycles. The van der Waals surface area contributed by atoms with E-state index >= 15 is 0 Å². The average Bonchev–Trinajstić information content (AvgIpc) is 3.18. The van der Waals surface area contributed by atoms with Gasteiger partial charge in [-0.15, -0.1) is 11.3 Å². The molecule has 0 spiro atoms. The van der Waals surface area contributed by atoms with Crippen LogP contribution in [-0.2, 0) is 4.79 Å². The van der Waals surface area contributed by atoms with Crippen molar-refractivity contribution >= 4 is 23.2 Å². The Morgan fingerprint density at radius 2 is 2.12 bits per heavy atom. The van der Waals surface area contributed by atoms with Crippen LogP contribution >= 0.6 is 11.3 Å². The predicted molar refractivity (Wildman–Crippen MR) is 97.0 cm³/mol. The van der Waals surface area contributed by atoms with E-state index in [0.29, 0.717) is 30.8 Å². The molecule has 2 aliphatic rings. The minimum atomic E-state index is -0.0484. The summed E-state index contributed by atoms with van der Waals surface area (Å²) in [5, 5.41) is 8.03. The second-order valence-electron chi connectivity index (χ2n) is 8.07. The van der Waals surface area contributed by atoms with Crippen LogP contribution in [0.15, 0.2) is 17.5 Å². The Balaban J connectivity index is 1.40. The molecule has 0 radical (unpaired) electrons. The first-order chi connectivity index (χ1) is 11.3. The summed E-state index contributed by atoms with van der Waals surface area (Å²) >= 11 is 1.43. The van der Waals surface area contributed by atoms with E-state index < -0.39 is 0 Å². The van der Waals surface area contributed by atoms with Crippen molar-refractivity contribution in [2.45, 2.75) is 58.9 Å². The number of fused-ring (bicyclic) bond motifs is 2. The Hall–Kier alpha value is -1.36. The van der Waals surface area contributed by atoms with Crippen molar-refractivity contribution in [3.8, 4) is 0 Å². The van der Waals surface area contributed by atoms with Crippen molar-refractivity contribution < 1.29 is 9.59 Å². The fourth-order valence-corrected chi connectivity index (χ4v) is 5.27. The minimum Gasteiger partial charge on any atom is -0.353 e. The topological polar surface area (TPSA) is 58.2 Å². The fourth-order valence-electron chi connectivity index (χ4n) is 4.63. The maximum absolute atomic E-state index is 12.3. The van der Waals surface area contributed by atoms with Crippen LogP contribution in [0.25, 0.3) is 0 Å². The average molecular weight is 349 g/mol. The number of carbonyl (C=O) groups is 2. The van der Waals surface area contributed by atoms with Gasteiger partial charge < -0.3 is 10.6 Å². The van der Waals surface area contributed by atoms with Gasteiger partial charge >= 0.3 is 0 Å². The summed E-state index contributed by atoms with van der Waals surface area (Å²) in [6.07, 6.45) is 4.78. The molecule has 1 aromatic rings. The third-order valence-corrected chi connectivity index (χ3v) is 7.61. The molecule has 4 nitrogen and oxygen atoms in total. The van der Waals surface area contributed by atoms with Gasteiger partial charge in [-0.2, -0.15) is 0 Å². The molecule has 3 rings (SSSR count). The third-order valence-electron chi connectivity index (χ3n) is 6.74. The van der Waals surface area contributed by atoms with Crippen LogP contribution in [0.2, 0.25) is 0 Å². The summed E-state index contributed by atoms with van der Waals surface area (Å²) < 4.78 is 0. The maximum Gasteiger partial charge on any atom is 0.261 e. The lowest BCUT2D eigenvalue weighted by Crippen LogP contribution is -2.46. The van der Waals surface area contributed by atoms with Gasteiger partial charge in [0, 0.05) is 19.0 Å². The first-order valence-electron chi connectivity index (χ1n) is 8.95. The van der Waals surface area contributed by atoms with Gasteiger partial charge in [-0.1, -0.05) is 26.8 Å². The highest BCUT2D eigenvalue weighted by atomic mass is 32.1. The molecule has 0 aromatic carbocycles. The van der Waals surface area contributed by atoms with Gasteiger partial charge in [-0.3, -0.25) is 9.59 Å². The van der Waals surface area contributed by atoms with E-state index in [1.54, 1.807) is 0 Å². The predicted octanol–water partition coefficient (Wildman–Crippen LogP) is 3.59. The first-order valence-corrected chi connectivity index (χ1v) is 9.83. The molecule has 3 unspecified atom stereocenters. The quantitative estimate of drug-likeness (QED) is 0.772. The molecule has 132 valence electrons. The highest BCUT2D eigenvalue weighted by molar-refractivity contribution is 7.12. The Kier molecular flexibility index (Phi) is 4.73. The van der Waals surface area contributed by atoms with E-state index in [-0.39, 0.29) is 17.2 Å². The molecule has 1 heterocycles. The van der Waals surface area contributed by atoms with Crippen molar-refractivity contribution in [2.24, 2.45) is 16.7 Å². The molecule has 2 fully saturated rings. The summed E-state index contributed by atoms with van der Waals surface area (Å²) in [5.41, 5.74) is 0.542. The highest BCUT2D eigenvalue weighted by Crippen LogP contribution is 2.65. The first kappa shape index (κ1) is 17.5. The number of carbonyl (C=O) groups excluding carboxylic acids is 2. The smallest absolute Gasteiger partial charge is 0.261 e. The molecule has 2 bridgehead atoms. The van der Waals surface area contributed by atoms with E-state index in [1.165, 1.54) is 24.2 Å². The highest BCUT2D eigenvalue weighted by Gasteiger charge is 2.61. The molecule has 3 atom stereocenters. The lowest BCUT2D eigenvalue weighted by molar-refractivity contribution is -0.122. The SMILES string of the molecule is CC1(C)C2CCC1(C)C(NC(=O)CCCNC(=O)c1cccs1)C2. The number of nitrogens with one attached hydrogen (secondary N) is 2. The van der Waals surface area contributed by atoms with Crippen LogP contribution in [0.1, 0.15) is 62.5 Å². The van der Waals surface area contributed by atoms with Gasteiger partial charge in [-0.25, -0.2) is 0 Å². The summed E-state index contributed by atoms with van der Waals surface area (Å²) in [7, 11) is 0. The lowest BCUT2D eigenvalue weighted by Gasteiger charge is -2.39. The second kappa shape index (κ2) is 6.51. The molecule has 2 saturated carbocycles. The lowest BCUT2D eigenvalue weighted by atomic mass is 9.69. The molecule has 5 heteroatoms. The van der Waals surface area contributed by atoms with Crippen molar-refractivity contribution in [1.82, 2.24) is 10.6 Å². The van der Waals surface area contributed by atoms with Gasteiger partial charge in [0.15, 0.2) is 0 Å². The van der Waals surface area contributed by atoms with Gasteiger partial charge in [0.25, 0.3) is 5.91 Å². The zero-order valence-electron chi connectivity index (χ0n) is 14.9. The number of hydrogen-bond donors (Lipinski definition) is 2. The number of hydrogen-bond acceptors (Lipinski definition) is 3. The van der Waals surface area contributed by atoms with Crippen LogP contribution in [0.5, 0.6) is 0 Å². The van der Waals surface area contributed by atoms with Crippen LogP contribution in [0.4, 0.5) is 0 Å². The Morgan fingerprint density at radius 3 is 2.71 bits per heavy atom. The Labute approximate surface area is 148 Å². The van der Waals surface area contributed by atoms with Gasteiger partial charge in [0.2, 0.25) is 5.91 Å². The van der Waals surface area contributed by atoms with E-state index in [9.17, 15) is 9.59 Å². The second-order valence-corrected chi connectivity index (χ2v) is 9.02. The monoisotopic (exact) mass is 348 g/mol. The number of thiophene rings is 1. The van der Waals surface area contributed by atoms with Crippen molar-refractivity contribution in [3.63, 3.8) is 0 Å². The van der Waals surface area contributed by atoms with Crippen molar-refractivity contribution in [1.29, 1.82) is 0 Å². The van der Waals surface area contributed by atoms with Crippen LogP contribution in [0, 0.1) is 16.7 Å². The van der Waals surface area contributed by atoms with Gasteiger partial charge in [0.05, 0.1) is 4.88 Å². The van der Waals surface area contributed by atoms with E-state index in [4.69, 9.17) is 0 Å². The van der Waals surface area contributed by atoms with Crippen LogP contribution in [-0.4, -0.2) is 24.4 Å². The molecular weight excluding hydrogens is 320 g/mol. The fraction of sp³-hybridized carbons (Fsp3) is 0.684. The summed E-state index contributed by atoms with van der Waals surface area (Å²) in [5.74, 6) is 0.806. The largest absolute Gasteiger partial charge is 0.353 e. The summed E-state index contributed by atoms with van der Waals surface area (Å²) in [6, 6.07) is 3.98. The Bertz CT molecular complexity index is 611. The number of rotatable bonds is 6. The van der Waals surface area contributed by atoms with Crippen molar-refractivity contribution in [3.05, 3.63) is 22.4 Å². The maximum atomic E-state index is 12.3. The summed E-state index contributed by atoms with van der Waals surface area (Å²) in [4.78, 5) is 24.8. The normalized spacial score (nSPS) is 30.3. The molecular formula is C19H28N2O2S. The molecule has 0 aliphatic heterocycles. The van der Waals surface area contributed by atoms with Crippen LogP contribution < -0.4 is 10.6 Å². The standard InChI is InChI=1S/C19H28N2O2S/c1-18(2)13-8-9-19(18,3)15(12-13)21-16(22)7-4-10-20-17(23)14-6-5-11-24-14/h5-6,11,13,15H,4,7-10,12H2,1-3H3,(H,20,23)(H,21,22). The van der Waals surface area contributed by atoms with Crippen LogP contribution in [0.3, 0.4) is 0 Å². The zero-order chi connectivity index (χ0) is 17.4. The molecule has 1 aromatic heterocycles. The molecule has 2 N–H and O–H groups in total. The van der Waals surface area contributed by atoms with E-state index in [1.807, 2.05) is 17.5 Å². The zero-order valence-corrected chi connectivity index (χ0v) is 15.7. The molecule has 2 aliphatic carbocycles. The van der Waals surface area contributed by atoms with E-state index in [0.717, 1.165) is 17.2 Å². The van der Waals surface area contributed by atoms with Crippen molar-refractivity contribution in [2.75, 3.05) is 6.54 Å². The molecule has 24 heavy (non-hydrogen) atoms. The van der Waals surface area contributed by atoms with Gasteiger partial charge in [0.1, 0.15) is 0 Å². The number of amides is 2. The van der Waals surface area contributed by atoms with E-state index in [2.05, 4.69) is 31.4 Å².